The minimum absolute atomic E-state index is 0.335. The van der Waals surface area contributed by atoms with Crippen molar-refractivity contribution in [3.8, 4) is 6.07 Å². The molecular formula is C9H4N4S. The fourth-order valence-corrected chi connectivity index (χ4v) is 2.01. The zero-order valence-corrected chi connectivity index (χ0v) is 7.80. The largest absolute Gasteiger partial charge is 0.398 e. The van der Waals surface area contributed by atoms with Crippen molar-refractivity contribution in [1.29, 1.82) is 5.26 Å². The highest BCUT2D eigenvalue weighted by Gasteiger charge is 2.12. The molecule has 1 heterocycles. The summed E-state index contributed by atoms with van der Waals surface area (Å²) in [6.07, 6.45) is 0. The number of hydrogen-bond donors (Lipinski definition) is 1. The number of nitriles is 1. The molecule has 0 fully saturated rings. The molecule has 0 aliphatic rings. The molecule has 0 atom stereocenters. The fraction of sp³-hybridized carbons (Fsp3) is 0. The van der Waals surface area contributed by atoms with Crippen molar-refractivity contribution >= 4 is 32.4 Å². The molecule has 0 bridgehead atoms. The number of thiazole rings is 1. The second kappa shape index (κ2) is 2.99. The lowest BCUT2D eigenvalue weighted by Crippen LogP contribution is -1.89. The third-order valence-electron chi connectivity index (χ3n) is 1.79. The van der Waals surface area contributed by atoms with E-state index in [0.717, 1.165) is 0 Å². The fourth-order valence-electron chi connectivity index (χ4n) is 1.16. The molecule has 0 spiro atoms. The Balaban J connectivity index is 2.90. The molecule has 2 aromatic rings. The number of benzene rings is 1. The molecule has 1 aromatic carbocycles. The third kappa shape index (κ3) is 1.08. The number of aromatic nitrogens is 1. The van der Waals surface area contributed by atoms with E-state index in [4.69, 9.17) is 17.6 Å². The molecule has 0 radical (unpaired) electrons. The number of nitrogen functional groups attached to an aromatic ring is 1. The van der Waals surface area contributed by atoms with Crippen LogP contribution in [-0.4, -0.2) is 4.98 Å². The lowest BCUT2D eigenvalue weighted by Gasteiger charge is -1.94. The van der Waals surface area contributed by atoms with Gasteiger partial charge in [-0.1, -0.05) is 6.57 Å². The number of fused-ring (bicyclic) bond motifs is 1. The molecule has 0 saturated carbocycles. The van der Waals surface area contributed by atoms with Gasteiger partial charge in [0, 0.05) is 0 Å². The minimum atomic E-state index is 0.335. The normalized spacial score (nSPS) is 9.57. The van der Waals surface area contributed by atoms with Gasteiger partial charge in [-0.25, -0.2) is 0 Å². The summed E-state index contributed by atoms with van der Waals surface area (Å²) >= 11 is 1.19. The van der Waals surface area contributed by atoms with Gasteiger partial charge in [0.25, 0.3) is 0 Å². The van der Waals surface area contributed by atoms with Crippen molar-refractivity contribution in [2.45, 2.75) is 0 Å². The van der Waals surface area contributed by atoms with Crippen molar-refractivity contribution in [1.82, 2.24) is 4.98 Å². The average molecular weight is 200 g/mol. The van der Waals surface area contributed by atoms with Gasteiger partial charge >= 0.3 is 5.13 Å². The highest BCUT2D eigenvalue weighted by Crippen LogP contribution is 2.32. The first-order valence-electron chi connectivity index (χ1n) is 3.73. The molecule has 4 nitrogen and oxygen atoms in total. The van der Waals surface area contributed by atoms with Crippen molar-refractivity contribution in [3.05, 3.63) is 29.1 Å². The number of anilines is 1. The topological polar surface area (TPSA) is 67.1 Å². The van der Waals surface area contributed by atoms with Gasteiger partial charge in [0.15, 0.2) is 5.52 Å². The second-order valence-corrected chi connectivity index (χ2v) is 3.58. The van der Waals surface area contributed by atoms with E-state index in [1.807, 2.05) is 6.07 Å². The van der Waals surface area contributed by atoms with E-state index < -0.39 is 0 Å². The van der Waals surface area contributed by atoms with Gasteiger partial charge in [0.05, 0.1) is 16.0 Å². The van der Waals surface area contributed by atoms with Crippen LogP contribution in [0.15, 0.2) is 12.1 Å². The number of nitrogens with zero attached hydrogens (tertiary/aromatic N) is 3. The molecule has 0 unspecified atom stereocenters. The first kappa shape index (κ1) is 8.49. The Labute approximate surface area is 84.0 Å². The van der Waals surface area contributed by atoms with Crippen molar-refractivity contribution in [2.75, 3.05) is 5.73 Å². The van der Waals surface area contributed by atoms with E-state index in [-0.39, 0.29) is 0 Å². The summed E-state index contributed by atoms with van der Waals surface area (Å²) < 4.78 is 0.693. The van der Waals surface area contributed by atoms with Crippen molar-refractivity contribution in [3.63, 3.8) is 0 Å². The molecule has 5 heteroatoms. The van der Waals surface area contributed by atoms with Gasteiger partial charge in [-0.15, -0.1) is 16.3 Å². The standard InChI is InChI=1S/C9H4N4S/c1-12-9-13-7-3-2-6(11)5(4-10)8(7)14-9/h2-3H,11H2. The second-order valence-electron chi connectivity index (χ2n) is 2.60. The van der Waals surface area contributed by atoms with Gasteiger partial charge in [-0.3, -0.25) is 0 Å². The van der Waals surface area contributed by atoms with E-state index in [9.17, 15) is 0 Å². The molecule has 0 amide bonds. The summed E-state index contributed by atoms with van der Waals surface area (Å²) in [5.41, 5.74) is 7.13. The van der Waals surface area contributed by atoms with Crippen LogP contribution in [0.25, 0.3) is 15.1 Å². The van der Waals surface area contributed by atoms with Gasteiger partial charge in [0.2, 0.25) is 0 Å². The van der Waals surface area contributed by atoms with Crippen LogP contribution >= 0.6 is 11.3 Å². The molecule has 2 N–H and O–H groups in total. The molecular weight excluding hydrogens is 196 g/mol. The van der Waals surface area contributed by atoms with Gasteiger partial charge in [-0.05, 0) is 12.1 Å². The van der Waals surface area contributed by atoms with E-state index in [2.05, 4.69) is 9.83 Å². The van der Waals surface area contributed by atoms with Crippen molar-refractivity contribution < 1.29 is 0 Å². The van der Waals surface area contributed by atoms with E-state index in [0.29, 0.717) is 26.6 Å². The molecule has 0 saturated heterocycles. The highest BCUT2D eigenvalue weighted by molar-refractivity contribution is 7.22. The zero-order valence-electron chi connectivity index (χ0n) is 6.98. The Morgan fingerprint density at radius 2 is 2.36 bits per heavy atom. The maximum Gasteiger partial charge on any atom is 0.330 e. The summed E-state index contributed by atoms with van der Waals surface area (Å²) in [6.45, 7) is 6.82. The van der Waals surface area contributed by atoms with E-state index in [1.54, 1.807) is 12.1 Å². The van der Waals surface area contributed by atoms with Crippen LogP contribution < -0.4 is 5.73 Å². The molecule has 1 aromatic heterocycles. The maximum absolute atomic E-state index is 8.87. The molecule has 66 valence electrons. The smallest absolute Gasteiger partial charge is 0.330 e. The first-order valence-corrected chi connectivity index (χ1v) is 4.54. The molecule has 14 heavy (non-hydrogen) atoms. The first-order chi connectivity index (χ1) is 6.76. The predicted octanol–water partition coefficient (Wildman–Crippen LogP) is 2.30. The third-order valence-corrected chi connectivity index (χ3v) is 2.77. The van der Waals surface area contributed by atoms with Crippen molar-refractivity contribution in [2.24, 2.45) is 0 Å². The van der Waals surface area contributed by atoms with Gasteiger partial charge in [-0.2, -0.15) is 5.26 Å². The van der Waals surface area contributed by atoms with Gasteiger partial charge in [0.1, 0.15) is 6.07 Å². The molecule has 2 rings (SSSR count). The number of hydrogen-bond acceptors (Lipinski definition) is 4. The maximum atomic E-state index is 8.87. The highest BCUT2D eigenvalue weighted by atomic mass is 32.1. The van der Waals surface area contributed by atoms with Crippen LogP contribution in [-0.2, 0) is 0 Å². The van der Waals surface area contributed by atoms with E-state index >= 15 is 0 Å². The summed E-state index contributed by atoms with van der Waals surface area (Å²) in [5, 5.41) is 9.21. The van der Waals surface area contributed by atoms with Gasteiger partial charge < -0.3 is 10.6 Å². The molecule has 0 aliphatic carbocycles. The van der Waals surface area contributed by atoms with Crippen LogP contribution in [0, 0.1) is 17.9 Å². The Morgan fingerprint density at radius 3 is 3.00 bits per heavy atom. The summed E-state index contributed by atoms with van der Waals surface area (Å²) in [6, 6.07) is 5.37. The van der Waals surface area contributed by atoms with Crippen LogP contribution in [0.5, 0.6) is 0 Å². The lowest BCUT2D eigenvalue weighted by molar-refractivity contribution is 1.49. The summed E-state index contributed by atoms with van der Waals surface area (Å²) in [5.74, 6) is 0. The number of rotatable bonds is 0. The summed E-state index contributed by atoms with van der Waals surface area (Å²) in [4.78, 5) is 7.26. The Bertz CT molecular complexity index is 585. The number of nitrogens with two attached hydrogens (primary N) is 1. The zero-order chi connectivity index (χ0) is 10.1. The Kier molecular flexibility index (Phi) is 1.81. The monoisotopic (exact) mass is 200 g/mol. The lowest BCUT2D eigenvalue weighted by atomic mass is 10.2. The Morgan fingerprint density at radius 1 is 1.57 bits per heavy atom. The van der Waals surface area contributed by atoms with Crippen LogP contribution in [0.1, 0.15) is 5.56 Å². The van der Waals surface area contributed by atoms with Crippen LogP contribution in [0.2, 0.25) is 0 Å². The Hall–Kier alpha value is -2.11. The SMILES string of the molecule is [C-]#[N+]c1nc2ccc(N)c(C#N)c2s1. The van der Waals surface area contributed by atoms with E-state index in [1.165, 1.54) is 11.3 Å². The minimum Gasteiger partial charge on any atom is -0.398 e. The summed E-state index contributed by atoms with van der Waals surface area (Å²) in [7, 11) is 0. The predicted molar refractivity (Wildman–Crippen MR) is 55.0 cm³/mol. The molecule has 0 aliphatic heterocycles. The van der Waals surface area contributed by atoms with Crippen LogP contribution in [0.4, 0.5) is 10.8 Å². The average Bonchev–Trinajstić information content (AvgIpc) is 2.60. The quantitative estimate of drug-likeness (QED) is 0.524. The van der Waals surface area contributed by atoms with Crippen LogP contribution in [0.3, 0.4) is 0 Å².